The number of pyridine rings is 1. The van der Waals surface area contributed by atoms with E-state index in [-0.39, 0.29) is 12.1 Å². The predicted molar refractivity (Wildman–Crippen MR) is 54.3 cm³/mol. The molecule has 0 aliphatic heterocycles. The Hall–Kier alpha value is -1.78. The van der Waals surface area contributed by atoms with Gasteiger partial charge in [0.1, 0.15) is 11.6 Å². The van der Waals surface area contributed by atoms with E-state index in [9.17, 15) is 14.0 Å². The molecule has 0 bridgehead atoms. The lowest BCUT2D eigenvalue weighted by Crippen LogP contribution is -2.26. The Balaban J connectivity index is 3.01. The topological polar surface area (TPSA) is 56.3 Å². The molecule has 1 heterocycles. The van der Waals surface area contributed by atoms with E-state index < -0.39 is 23.5 Å². The summed E-state index contributed by atoms with van der Waals surface area (Å²) in [7, 11) is 1.19. The summed E-state index contributed by atoms with van der Waals surface area (Å²) in [6.07, 6.45) is 1.56. The summed E-state index contributed by atoms with van der Waals surface area (Å²) in [5.41, 5.74) is -0.320. The third-order valence-electron chi connectivity index (χ3n) is 2.20. The Kier molecular flexibility index (Phi) is 4.10. The highest BCUT2D eigenvalue weighted by molar-refractivity contribution is 6.07. The van der Waals surface area contributed by atoms with Crippen molar-refractivity contribution in [3.05, 3.63) is 29.8 Å². The van der Waals surface area contributed by atoms with Crippen molar-refractivity contribution in [2.45, 2.75) is 13.3 Å². The maximum absolute atomic E-state index is 13.3. The molecule has 0 saturated carbocycles. The van der Waals surface area contributed by atoms with Crippen molar-refractivity contribution < 1.29 is 18.7 Å². The predicted octanol–water partition coefficient (Wildman–Crippen LogP) is 1.60. The third-order valence-corrected chi connectivity index (χ3v) is 2.20. The highest BCUT2D eigenvalue weighted by Gasteiger charge is 2.29. The summed E-state index contributed by atoms with van der Waals surface area (Å²) in [4.78, 5) is 26.7. The fraction of sp³-hybridized carbons (Fsp3) is 0.364. The van der Waals surface area contributed by atoms with Crippen LogP contribution < -0.4 is 0 Å². The summed E-state index contributed by atoms with van der Waals surface area (Å²) in [5.74, 6) is -3.03. The van der Waals surface area contributed by atoms with Gasteiger partial charge in [-0.1, -0.05) is 6.92 Å². The van der Waals surface area contributed by atoms with Crippen LogP contribution >= 0.6 is 0 Å². The minimum atomic E-state index is -0.991. The molecule has 5 heteroatoms. The molecule has 0 aromatic carbocycles. The second-order valence-electron chi connectivity index (χ2n) is 3.18. The number of carbonyl (C=O) groups is 2. The van der Waals surface area contributed by atoms with Crippen LogP contribution in [0.3, 0.4) is 0 Å². The van der Waals surface area contributed by atoms with Crippen LogP contribution in [0, 0.1) is 11.7 Å². The lowest BCUT2D eigenvalue weighted by Gasteiger charge is -2.10. The van der Waals surface area contributed by atoms with Crippen LogP contribution in [-0.4, -0.2) is 23.8 Å². The number of hydrogen-bond acceptors (Lipinski definition) is 4. The zero-order valence-electron chi connectivity index (χ0n) is 9.07. The number of ketones is 1. The molecule has 0 radical (unpaired) electrons. The second-order valence-corrected chi connectivity index (χ2v) is 3.18. The van der Waals surface area contributed by atoms with Crippen molar-refractivity contribution >= 4 is 11.8 Å². The Bertz CT molecular complexity index is 406. The number of hydrogen-bond donors (Lipinski definition) is 0. The number of carbonyl (C=O) groups excluding carboxylic acids is 2. The maximum Gasteiger partial charge on any atom is 0.316 e. The fourth-order valence-corrected chi connectivity index (χ4v) is 1.33. The van der Waals surface area contributed by atoms with E-state index in [0.29, 0.717) is 0 Å². The molecule has 1 unspecified atom stereocenters. The normalized spacial score (nSPS) is 11.9. The number of nitrogens with zero attached hydrogens (tertiary/aromatic N) is 1. The number of Topliss-reactive ketones (excluding diaryl/α,β-unsaturated/α-hetero) is 1. The van der Waals surface area contributed by atoms with E-state index in [0.717, 1.165) is 6.07 Å². The number of rotatable bonds is 4. The van der Waals surface area contributed by atoms with E-state index in [1.54, 1.807) is 6.92 Å². The Morgan fingerprint density at radius 3 is 2.75 bits per heavy atom. The minimum Gasteiger partial charge on any atom is -0.468 e. The van der Waals surface area contributed by atoms with E-state index in [2.05, 4.69) is 9.72 Å². The van der Waals surface area contributed by atoms with Crippen molar-refractivity contribution in [1.29, 1.82) is 0 Å². The summed E-state index contributed by atoms with van der Waals surface area (Å²) in [6.45, 7) is 1.65. The summed E-state index contributed by atoms with van der Waals surface area (Å²) in [6, 6.07) is 2.51. The van der Waals surface area contributed by atoms with Gasteiger partial charge >= 0.3 is 5.97 Å². The first-order chi connectivity index (χ1) is 7.61. The standard InChI is InChI=1S/C11H12FNO3/c1-3-7(11(15)16-2)10(14)9-8(12)5-4-6-13-9/h4-7H,3H2,1-2H3. The number of methoxy groups -OCH3 is 1. The van der Waals surface area contributed by atoms with Gasteiger partial charge in [0.2, 0.25) is 0 Å². The van der Waals surface area contributed by atoms with Crippen molar-refractivity contribution in [3.8, 4) is 0 Å². The fourth-order valence-electron chi connectivity index (χ4n) is 1.33. The van der Waals surface area contributed by atoms with Gasteiger partial charge in [-0.05, 0) is 18.6 Å². The molecule has 1 rings (SSSR count). The molecule has 0 N–H and O–H groups in total. The largest absolute Gasteiger partial charge is 0.468 e. The molecule has 0 saturated heterocycles. The van der Waals surface area contributed by atoms with Gasteiger partial charge in [-0.15, -0.1) is 0 Å². The van der Waals surface area contributed by atoms with E-state index in [1.165, 1.54) is 19.4 Å². The van der Waals surface area contributed by atoms with Gasteiger partial charge in [-0.3, -0.25) is 14.6 Å². The molecule has 1 atom stereocenters. The lowest BCUT2D eigenvalue weighted by molar-refractivity contribution is -0.143. The smallest absolute Gasteiger partial charge is 0.316 e. The molecule has 0 spiro atoms. The van der Waals surface area contributed by atoms with Crippen molar-refractivity contribution in [1.82, 2.24) is 4.98 Å². The van der Waals surface area contributed by atoms with E-state index >= 15 is 0 Å². The van der Waals surface area contributed by atoms with Gasteiger partial charge < -0.3 is 4.74 Å². The van der Waals surface area contributed by atoms with Crippen LogP contribution in [0.2, 0.25) is 0 Å². The first-order valence-electron chi connectivity index (χ1n) is 4.84. The van der Waals surface area contributed by atoms with Crippen LogP contribution in [0.4, 0.5) is 4.39 Å². The molecular formula is C11H12FNO3. The Morgan fingerprint density at radius 1 is 1.56 bits per heavy atom. The number of esters is 1. The van der Waals surface area contributed by atoms with Gasteiger partial charge in [0.15, 0.2) is 11.6 Å². The number of halogens is 1. The number of ether oxygens (including phenoxy) is 1. The van der Waals surface area contributed by atoms with Gasteiger partial charge in [0.25, 0.3) is 0 Å². The van der Waals surface area contributed by atoms with Crippen molar-refractivity contribution in [3.63, 3.8) is 0 Å². The van der Waals surface area contributed by atoms with Crippen LogP contribution in [0.1, 0.15) is 23.8 Å². The maximum atomic E-state index is 13.3. The second kappa shape index (κ2) is 5.34. The van der Waals surface area contributed by atoms with Gasteiger partial charge in [0.05, 0.1) is 7.11 Å². The lowest BCUT2D eigenvalue weighted by atomic mass is 9.98. The SMILES string of the molecule is CCC(C(=O)OC)C(=O)c1ncccc1F. The quantitative estimate of drug-likeness (QED) is 0.443. The van der Waals surface area contributed by atoms with Crippen molar-refractivity contribution in [2.75, 3.05) is 7.11 Å². The average molecular weight is 225 g/mol. The molecule has 0 aliphatic rings. The zero-order valence-corrected chi connectivity index (χ0v) is 9.07. The molecule has 0 fully saturated rings. The van der Waals surface area contributed by atoms with Crippen LogP contribution in [0.5, 0.6) is 0 Å². The first kappa shape index (κ1) is 12.3. The summed E-state index contributed by atoms with van der Waals surface area (Å²) >= 11 is 0. The molecule has 0 amide bonds. The zero-order chi connectivity index (χ0) is 12.1. The molecule has 1 aromatic heterocycles. The Morgan fingerprint density at radius 2 is 2.25 bits per heavy atom. The molecule has 16 heavy (non-hydrogen) atoms. The highest BCUT2D eigenvalue weighted by atomic mass is 19.1. The monoisotopic (exact) mass is 225 g/mol. The van der Waals surface area contributed by atoms with Gasteiger partial charge in [-0.25, -0.2) is 4.39 Å². The molecule has 4 nitrogen and oxygen atoms in total. The molecule has 0 aliphatic carbocycles. The average Bonchev–Trinajstić information content (AvgIpc) is 2.30. The highest BCUT2D eigenvalue weighted by Crippen LogP contribution is 2.14. The Labute approximate surface area is 92.4 Å². The van der Waals surface area contributed by atoms with Crippen LogP contribution in [0.15, 0.2) is 18.3 Å². The molecular weight excluding hydrogens is 213 g/mol. The van der Waals surface area contributed by atoms with Crippen molar-refractivity contribution in [2.24, 2.45) is 5.92 Å². The summed E-state index contributed by atoms with van der Waals surface area (Å²) in [5, 5.41) is 0. The first-order valence-corrected chi connectivity index (χ1v) is 4.84. The third kappa shape index (κ3) is 2.42. The van der Waals surface area contributed by atoms with Crippen LogP contribution in [-0.2, 0) is 9.53 Å². The van der Waals surface area contributed by atoms with Gasteiger partial charge in [0, 0.05) is 6.20 Å². The van der Waals surface area contributed by atoms with Crippen LogP contribution in [0.25, 0.3) is 0 Å². The molecule has 86 valence electrons. The van der Waals surface area contributed by atoms with E-state index in [1.807, 2.05) is 0 Å². The summed E-state index contributed by atoms with van der Waals surface area (Å²) < 4.78 is 17.7. The molecule has 1 aromatic rings. The number of aromatic nitrogens is 1. The van der Waals surface area contributed by atoms with E-state index in [4.69, 9.17) is 0 Å². The minimum absolute atomic E-state index is 0.252. The van der Waals surface area contributed by atoms with Gasteiger partial charge in [-0.2, -0.15) is 0 Å².